The fraction of sp³-hybridized carbons (Fsp3) is 0.654. The molecule has 4 nitrogen and oxygen atoms in total. The monoisotopic (exact) mass is 418 g/mol. The number of carbonyl (C=O) groups excluding carboxylic acids is 1. The van der Waals surface area contributed by atoms with Gasteiger partial charge in [0.05, 0.1) is 0 Å². The van der Waals surface area contributed by atoms with Gasteiger partial charge in [0, 0.05) is 12.8 Å². The summed E-state index contributed by atoms with van der Waals surface area (Å²) in [4.78, 5) is 22.6. The third-order valence-electron chi connectivity index (χ3n) is 5.52. The molecule has 0 radical (unpaired) electrons. The number of hydrogen-bond acceptors (Lipinski definition) is 4. The van der Waals surface area contributed by atoms with Gasteiger partial charge in [0.1, 0.15) is 17.0 Å². The Morgan fingerprint density at radius 2 is 1.37 bits per heavy atom. The van der Waals surface area contributed by atoms with Gasteiger partial charge in [-0.05, 0) is 83.8 Å². The van der Waals surface area contributed by atoms with Crippen LogP contribution in [-0.4, -0.2) is 17.2 Å². The first-order valence-corrected chi connectivity index (χ1v) is 11.4. The van der Waals surface area contributed by atoms with Crippen LogP contribution < -0.4 is 0 Å². The van der Waals surface area contributed by atoms with Crippen molar-refractivity contribution in [1.29, 1.82) is 0 Å². The average Bonchev–Trinajstić information content (AvgIpc) is 2.70. The van der Waals surface area contributed by atoms with E-state index in [-0.39, 0.29) is 17.2 Å². The molecule has 0 heterocycles. The lowest BCUT2D eigenvalue weighted by Gasteiger charge is -2.23. The molecule has 0 amide bonds. The number of rotatable bonds is 15. The Bertz CT molecular complexity index is 644. The Balaban J connectivity index is 2.23. The lowest BCUT2D eigenvalue weighted by atomic mass is 10.0. The molecule has 0 saturated heterocycles. The van der Waals surface area contributed by atoms with E-state index in [1.807, 2.05) is 34.6 Å². The van der Waals surface area contributed by atoms with Crippen LogP contribution in [0, 0.1) is 0 Å². The molecule has 0 spiro atoms. The van der Waals surface area contributed by atoms with E-state index in [1.54, 1.807) is 0 Å². The van der Waals surface area contributed by atoms with Gasteiger partial charge in [0.25, 0.3) is 0 Å². The number of carbonyl (C=O) groups is 1. The van der Waals surface area contributed by atoms with Crippen LogP contribution in [0.15, 0.2) is 36.6 Å². The van der Waals surface area contributed by atoms with E-state index in [0.717, 1.165) is 51.4 Å². The highest BCUT2D eigenvalue weighted by Crippen LogP contribution is 2.19. The Kier molecular flexibility index (Phi) is 11.2. The predicted molar refractivity (Wildman–Crippen MR) is 123 cm³/mol. The first-order valence-electron chi connectivity index (χ1n) is 11.4. The van der Waals surface area contributed by atoms with E-state index in [0.29, 0.717) is 12.2 Å². The van der Waals surface area contributed by atoms with Crippen molar-refractivity contribution >= 4 is 5.97 Å². The molecule has 0 fully saturated rings. The molecule has 0 unspecified atom stereocenters. The van der Waals surface area contributed by atoms with E-state index in [9.17, 15) is 4.79 Å². The molecule has 0 aliphatic carbocycles. The SMILES string of the molecule is C=C(CCCc1ccc(CCCCC(=O)OC(C)(C)CC)cc1)OOC(C)(C)CC. The molecule has 170 valence electrons. The number of esters is 1. The van der Waals surface area contributed by atoms with Gasteiger partial charge >= 0.3 is 5.97 Å². The highest BCUT2D eigenvalue weighted by Gasteiger charge is 2.20. The van der Waals surface area contributed by atoms with Crippen molar-refractivity contribution in [2.45, 2.75) is 111 Å². The summed E-state index contributed by atoms with van der Waals surface area (Å²) in [7, 11) is 0. The maximum absolute atomic E-state index is 11.9. The molecular weight excluding hydrogens is 376 g/mol. The van der Waals surface area contributed by atoms with E-state index >= 15 is 0 Å². The summed E-state index contributed by atoms with van der Waals surface area (Å²) in [6, 6.07) is 8.75. The highest BCUT2D eigenvalue weighted by atomic mass is 17.2. The summed E-state index contributed by atoms with van der Waals surface area (Å²) in [6.07, 6.45) is 7.79. The minimum Gasteiger partial charge on any atom is -0.460 e. The van der Waals surface area contributed by atoms with Crippen molar-refractivity contribution in [1.82, 2.24) is 0 Å². The molecule has 0 aliphatic rings. The van der Waals surface area contributed by atoms with Crippen LogP contribution >= 0.6 is 0 Å². The molecule has 30 heavy (non-hydrogen) atoms. The van der Waals surface area contributed by atoms with E-state index in [1.165, 1.54) is 11.1 Å². The van der Waals surface area contributed by atoms with Gasteiger partial charge in [-0.3, -0.25) is 4.79 Å². The summed E-state index contributed by atoms with van der Waals surface area (Å²) in [5.74, 6) is 0.584. The number of aryl methyl sites for hydroxylation is 2. The number of allylic oxidation sites excluding steroid dienone is 1. The van der Waals surface area contributed by atoms with Gasteiger partial charge in [-0.25, -0.2) is 0 Å². The molecular formula is C26H42O4. The Hall–Kier alpha value is -1.81. The van der Waals surface area contributed by atoms with Crippen molar-refractivity contribution in [3.63, 3.8) is 0 Å². The Labute approximate surface area is 183 Å². The van der Waals surface area contributed by atoms with Gasteiger partial charge in [0.15, 0.2) is 0 Å². The number of unbranched alkanes of at least 4 members (excludes halogenated alkanes) is 1. The molecule has 0 aromatic heterocycles. The van der Waals surface area contributed by atoms with Gasteiger partial charge < -0.3 is 9.62 Å². The normalized spacial score (nSPS) is 11.9. The fourth-order valence-corrected chi connectivity index (χ4v) is 2.66. The maximum atomic E-state index is 11.9. The smallest absolute Gasteiger partial charge is 0.306 e. The zero-order valence-corrected chi connectivity index (χ0v) is 20.0. The van der Waals surface area contributed by atoms with Crippen molar-refractivity contribution in [2.75, 3.05) is 0 Å². The van der Waals surface area contributed by atoms with Crippen LogP contribution in [0.5, 0.6) is 0 Å². The predicted octanol–water partition coefficient (Wildman–Crippen LogP) is 7.10. The van der Waals surface area contributed by atoms with E-state index in [4.69, 9.17) is 14.5 Å². The molecule has 0 aliphatic heterocycles. The molecule has 1 aromatic carbocycles. The van der Waals surface area contributed by atoms with Gasteiger partial charge in [0.2, 0.25) is 0 Å². The van der Waals surface area contributed by atoms with Crippen LogP contribution in [0.3, 0.4) is 0 Å². The van der Waals surface area contributed by atoms with Crippen LogP contribution in [0.2, 0.25) is 0 Å². The highest BCUT2D eigenvalue weighted by molar-refractivity contribution is 5.69. The topological polar surface area (TPSA) is 44.8 Å². The number of ether oxygens (including phenoxy) is 1. The van der Waals surface area contributed by atoms with Crippen molar-refractivity contribution < 1.29 is 19.3 Å². The molecule has 1 aromatic rings. The summed E-state index contributed by atoms with van der Waals surface area (Å²) in [5, 5.41) is 0. The van der Waals surface area contributed by atoms with Gasteiger partial charge in [-0.1, -0.05) is 44.7 Å². The minimum absolute atomic E-state index is 0.0913. The van der Waals surface area contributed by atoms with Crippen LogP contribution in [-0.2, 0) is 32.1 Å². The minimum atomic E-state index is -0.357. The molecule has 0 bridgehead atoms. The number of benzene rings is 1. The first kappa shape index (κ1) is 26.2. The largest absolute Gasteiger partial charge is 0.460 e. The molecule has 0 saturated carbocycles. The Morgan fingerprint density at radius 1 is 0.833 bits per heavy atom. The standard InChI is InChI=1S/C26H42O4/c1-8-25(4,5)28-24(27)16-11-10-14-22-17-19-23(20-18-22)15-12-13-21(3)29-30-26(6,7)9-2/h17-20H,3,8-16H2,1-2,4-7H3. The second-order valence-electron chi connectivity index (χ2n) is 9.28. The second-order valence-corrected chi connectivity index (χ2v) is 9.28. The zero-order valence-electron chi connectivity index (χ0n) is 20.0. The average molecular weight is 419 g/mol. The van der Waals surface area contributed by atoms with Crippen molar-refractivity contribution in [2.24, 2.45) is 0 Å². The summed E-state index contributed by atoms with van der Waals surface area (Å²) < 4.78 is 5.48. The maximum Gasteiger partial charge on any atom is 0.306 e. The second kappa shape index (κ2) is 12.8. The van der Waals surface area contributed by atoms with Crippen LogP contribution in [0.4, 0.5) is 0 Å². The number of hydrogen-bond donors (Lipinski definition) is 0. The van der Waals surface area contributed by atoms with Crippen molar-refractivity contribution in [3.05, 3.63) is 47.7 Å². The molecule has 4 heteroatoms. The van der Waals surface area contributed by atoms with Crippen LogP contribution in [0.25, 0.3) is 0 Å². The van der Waals surface area contributed by atoms with Crippen LogP contribution in [0.1, 0.15) is 97.6 Å². The van der Waals surface area contributed by atoms with E-state index < -0.39 is 0 Å². The summed E-state index contributed by atoms with van der Waals surface area (Å²) in [6.45, 7) is 15.9. The van der Waals surface area contributed by atoms with Crippen molar-refractivity contribution in [3.8, 4) is 0 Å². The molecule has 0 atom stereocenters. The third-order valence-corrected chi connectivity index (χ3v) is 5.52. The van der Waals surface area contributed by atoms with E-state index in [2.05, 4.69) is 37.8 Å². The third kappa shape index (κ3) is 11.4. The quantitative estimate of drug-likeness (QED) is 0.100. The summed E-state index contributed by atoms with van der Waals surface area (Å²) >= 11 is 0. The first-order chi connectivity index (χ1) is 14.1. The lowest BCUT2D eigenvalue weighted by molar-refractivity contribution is -0.328. The zero-order chi connectivity index (χ0) is 22.6. The fourth-order valence-electron chi connectivity index (χ4n) is 2.66. The molecule has 1 rings (SSSR count). The molecule has 0 N–H and O–H groups in total. The van der Waals surface area contributed by atoms with Gasteiger partial charge in [-0.15, -0.1) is 0 Å². The lowest BCUT2D eigenvalue weighted by Crippen LogP contribution is -2.26. The van der Waals surface area contributed by atoms with Gasteiger partial charge in [-0.2, -0.15) is 4.89 Å². The Morgan fingerprint density at radius 3 is 1.90 bits per heavy atom. The summed E-state index contributed by atoms with van der Waals surface area (Å²) in [5.41, 5.74) is 1.98.